The third-order valence-corrected chi connectivity index (χ3v) is 3.37. The molecule has 0 spiro atoms. The molecule has 1 saturated carbocycles. The van der Waals surface area contributed by atoms with Crippen LogP contribution in [0, 0.1) is 5.82 Å². The van der Waals surface area contributed by atoms with Gasteiger partial charge < -0.3 is 0 Å². The van der Waals surface area contributed by atoms with Crippen molar-refractivity contribution in [2.75, 3.05) is 0 Å². The number of aromatic nitrogens is 2. The van der Waals surface area contributed by atoms with E-state index in [1.807, 2.05) is 12.1 Å². The molecule has 1 fully saturated rings. The van der Waals surface area contributed by atoms with Crippen LogP contribution in [-0.2, 0) is 6.42 Å². The van der Waals surface area contributed by atoms with Gasteiger partial charge in [-0.25, -0.2) is 4.39 Å². The number of rotatable bonds is 4. The molecular weight excluding hydrogens is 227 g/mol. The van der Waals surface area contributed by atoms with Crippen LogP contribution >= 0.6 is 0 Å². The zero-order valence-electron chi connectivity index (χ0n) is 10.6. The zero-order valence-corrected chi connectivity index (χ0v) is 10.6. The molecule has 1 aliphatic carbocycles. The molecule has 0 N–H and O–H groups in total. The van der Waals surface area contributed by atoms with Gasteiger partial charge in [0.2, 0.25) is 0 Å². The van der Waals surface area contributed by atoms with E-state index in [1.165, 1.54) is 11.8 Å². The summed E-state index contributed by atoms with van der Waals surface area (Å²) in [5.74, 6) is -0.217. The SMILES string of the molecule is CCCc1ccc(-c2nn(C3CC3)cc2F)cc1. The van der Waals surface area contributed by atoms with Gasteiger partial charge in [0.15, 0.2) is 5.82 Å². The summed E-state index contributed by atoms with van der Waals surface area (Å²) in [7, 11) is 0. The van der Waals surface area contributed by atoms with Crippen molar-refractivity contribution in [3.05, 3.63) is 41.8 Å². The first-order chi connectivity index (χ1) is 8.78. The Kier molecular flexibility index (Phi) is 2.90. The number of benzene rings is 1. The maximum absolute atomic E-state index is 13.8. The second-order valence-corrected chi connectivity index (χ2v) is 4.98. The Morgan fingerprint density at radius 3 is 2.61 bits per heavy atom. The van der Waals surface area contributed by atoms with Crippen LogP contribution in [0.2, 0.25) is 0 Å². The fraction of sp³-hybridized carbons (Fsp3) is 0.400. The van der Waals surface area contributed by atoms with E-state index in [-0.39, 0.29) is 5.82 Å². The molecule has 94 valence electrons. The van der Waals surface area contributed by atoms with Crippen LogP contribution in [0.15, 0.2) is 30.5 Å². The molecule has 0 aliphatic heterocycles. The molecule has 1 aromatic heterocycles. The summed E-state index contributed by atoms with van der Waals surface area (Å²) in [6.45, 7) is 2.16. The van der Waals surface area contributed by atoms with Gasteiger partial charge in [-0.15, -0.1) is 0 Å². The minimum Gasteiger partial charge on any atom is -0.266 e. The molecule has 1 aliphatic rings. The van der Waals surface area contributed by atoms with Crippen LogP contribution in [0.3, 0.4) is 0 Å². The summed E-state index contributed by atoms with van der Waals surface area (Å²) in [5, 5.41) is 4.36. The van der Waals surface area contributed by atoms with Gasteiger partial charge in [0.25, 0.3) is 0 Å². The second-order valence-electron chi connectivity index (χ2n) is 4.98. The van der Waals surface area contributed by atoms with Gasteiger partial charge in [0.1, 0.15) is 5.69 Å². The first kappa shape index (κ1) is 11.5. The topological polar surface area (TPSA) is 17.8 Å². The lowest BCUT2D eigenvalue weighted by atomic mass is 10.1. The Bertz CT molecular complexity index is 538. The minimum absolute atomic E-state index is 0.217. The van der Waals surface area contributed by atoms with Gasteiger partial charge in [-0.1, -0.05) is 37.6 Å². The molecule has 1 heterocycles. The van der Waals surface area contributed by atoms with E-state index in [1.54, 1.807) is 4.68 Å². The second kappa shape index (κ2) is 4.56. The van der Waals surface area contributed by atoms with Gasteiger partial charge in [0, 0.05) is 5.56 Å². The molecule has 0 saturated heterocycles. The molecule has 0 bridgehead atoms. The molecule has 2 aromatic rings. The Labute approximate surface area is 106 Å². The molecule has 18 heavy (non-hydrogen) atoms. The standard InChI is InChI=1S/C15H17FN2/c1-2-3-11-4-6-12(7-5-11)15-14(16)10-18(17-15)13-8-9-13/h4-7,10,13H,2-3,8-9H2,1H3. The Morgan fingerprint density at radius 2 is 2.00 bits per heavy atom. The molecule has 2 nitrogen and oxygen atoms in total. The first-order valence-electron chi connectivity index (χ1n) is 6.62. The fourth-order valence-electron chi connectivity index (χ4n) is 2.21. The maximum atomic E-state index is 13.8. The third kappa shape index (κ3) is 2.17. The minimum atomic E-state index is -0.217. The predicted octanol–water partition coefficient (Wildman–Crippen LogP) is 3.98. The normalized spacial score (nSPS) is 15.0. The van der Waals surface area contributed by atoms with Crippen molar-refractivity contribution >= 4 is 0 Å². The summed E-state index contributed by atoms with van der Waals surface area (Å²) in [4.78, 5) is 0. The largest absolute Gasteiger partial charge is 0.266 e. The number of aryl methyl sites for hydroxylation is 1. The van der Waals surface area contributed by atoms with Crippen molar-refractivity contribution in [2.24, 2.45) is 0 Å². The van der Waals surface area contributed by atoms with Gasteiger partial charge in [0.05, 0.1) is 12.2 Å². The van der Waals surface area contributed by atoms with Crippen LogP contribution in [-0.4, -0.2) is 9.78 Å². The smallest absolute Gasteiger partial charge is 0.169 e. The van der Waals surface area contributed by atoms with Crippen molar-refractivity contribution in [3.8, 4) is 11.3 Å². The van der Waals surface area contributed by atoms with E-state index in [0.29, 0.717) is 11.7 Å². The number of nitrogens with zero attached hydrogens (tertiary/aromatic N) is 2. The van der Waals surface area contributed by atoms with Crippen molar-refractivity contribution in [1.82, 2.24) is 9.78 Å². The van der Waals surface area contributed by atoms with E-state index >= 15 is 0 Å². The molecule has 3 rings (SSSR count). The molecule has 0 unspecified atom stereocenters. The summed E-state index contributed by atoms with van der Waals surface area (Å²) in [6.07, 6.45) is 5.96. The van der Waals surface area contributed by atoms with Crippen molar-refractivity contribution in [1.29, 1.82) is 0 Å². The van der Waals surface area contributed by atoms with Crippen molar-refractivity contribution in [3.63, 3.8) is 0 Å². The van der Waals surface area contributed by atoms with Crippen LogP contribution < -0.4 is 0 Å². The van der Waals surface area contributed by atoms with Crippen LogP contribution in [0.1, 0.15) is 37.8 Å². The number of hydrogen-bond acceptors (Lipinski definition) is 1. The van der Waals surface area contributed by atoms with Gasteiger partial charge >= 0.3 is 0 Å². The van der Waals surface area contributed by atoms with Crippen LogP contribution in [0.4, 0.5) is 4.39 Å². The van der Waals surface area contributed by atoms with Crippen molar-refractivity contribution in [2.45, 2.75) is 38.6 Å². The quantitative estimate of drug-likeness (QED) is 0.795. The zero-order chi connectivity index (χ0) is 12.5. The lowest BCUT2D eigenvalue weighted by molar-refractivity contribution is 0.609. The maximum Gasteiger partial charge on any atom is 0.169 e. The molecule has 0 atom stereocenters. The van der Waals surface area contributed by atoms with E-state index < -0.39 is 0 Å². The molecular formula is C15H17FN2. The summed E-state index contributed by atoms with van der Waals surface area (Å²) >= 11 is 0. The molecule has 0 amide bonds. The van der Waals surface area contributed by atoms with Gasteiger partial charge in [-0.2, -0.15) is 5.10 Å². The van der Waals surface area contributed by atoms with E-state index in [4.69, 9.17) is 0 Å². The van der Waals surface area contributed by atoms with E-state index in [2.05, 4.69) is 24.2 Å². The van der Waals surface area contributed by atoms with Crippen LogP contribution in [0.25, 0.3) is 11.3 Å². The number of halogens is 1. The highest BCUT2D eigenvalue weighted by Gasteiger charge is 2.26. The number of hydrogen-bond donors (Lipinski definition) is 0. The summed E-state index contributed by atoms with van der Waals surface area (Å²) < 4.78 is 15.6. The lowest BCUT2D eigenvalue weighted by Crippen LogP contribution is -1.93. The van der Waals surface area contributed by atoms with E-state index in [0.717, 1.165) is 31.2 Å². The third-order valence-electron chi connectivity index (χ3n) is 3.37. The lowest BCUT2D eigenvalue weighted by Gasteiger charge is -2.01. The molecule has 3 heteroatoms. The van der Waals surface area contributed by atoms with Crippen LogP contribution in [0.5, 0.6) is 0 Å². The highest BCUT2D eigenvalue weighted by molar-refractivity contribution is 5.59. The Hall–Kier alpha value is -1.64. The monoisotopic (exact) mass is 244 g/mol. The Morgan fingerprint density at radius 1 is 1.28 bits per heavy atom. The van der Waals surface area contributed by atoms with Gasteiger partial charge in [-0.05, 0) is 24.8 Å². The fourth-order valence-corrected chi connectivity index (χ4v) is 2.21. The molecule has 1 aromatic carbocycles. The highest BCUT2D eigenvalue weighted by Crippen LogP contribution is 2.35. The first-order valence-corrected chi connectivity index (χ1v) is 6.62. The van der Waals surface area contributed by atoms with Gasteiger partial charge in [-0.3, -0.25) is 4.68 Å². The van der Waals surface area contributed by atoms with Crippen molar-refractivity contribution < 1.29 is 4.39 Å². The average molecular weight is 244 g/mol. The predicted molar refractivity (Wildman–Crippen MR) is 69.9 cm³/mol. The summed E-state index contributed by atoms with van der Waals surface area (Å²) in [5.41, 5.74) is 2.64. The average Bonchev–Trinajstić information content (AvgIpc) is 3.15. The highest BCUT2D eigenvalue weighted by atomic mass is 19.1. The molecule has 0 radical (unpaired) electrons. The van der Waals surface area contributed by atoms with E-state index in [9.17, 15) is 4.39 Å². The summed E-state index contributed by atoms with van der Waals surface area (Å²) in [6, 6.07) is 8.48. The Balaban J connectivity index is 1.88.